The molecule has 5 aliphatic rings. The summed E-state index contributed by atoms with van der Waals surface area (Å²) < 4.78 is -1.40. The van der Waals surface area contributed by atoms with Crippen molar-refractivity contribution in [3.63, 3.8) is 0 Å². The summed E-state index contributed by atoms with van der Waals surface area (Å²) in [5.41, 5.74) is 0. The van der Waals surface area contributed by atoms with Crippen LogP contribution >= 0.6 is 69.6 Å². The van der Waals surface area contributed by atoms with Crippen molar-refractivity contribution in [1.82, 2.24) is 0 Å². The van der Waals surface area contributed by atoms with Gasteiger partial charge in [0.1, 0.15) is 15.5 Å². The molecule has 9 atom stereocenters. The Morgan fingerprint density at radius 1 is 1.00 bits per heavy atom. The number of rotatable bonds is 0. The third-order valence-corrected chi connectivity index (χ3v) is 11.5. The summed E-state index contributed by atoms with van der Waals surface area (Å²) in [6.07, 6.45) is 0.809. The molecule has 5 aliphatic carbocycles. The third kappa shape index (κ3) is 0.788. The summed E-state index contributed by atoms with van der Waals surface area (Å²) in [6, 6.07) is 0. The van der Waals surface area contributed by atoms with Crippen molar-refractivity contribution < 1.29 is 4.79 Å². The average molecular weight is 381 g/mol. The first-order valence-corrected chi connectivity index (χ1v) is 8.61. The highest BCUT2D eigenvalue weighted by atomic mass is 35.5. The predicted molar refractivity (Wildman–Crippen MR) is 76.9 cm³/mol. The van der Waals surface area contributed by atoms with Gasteiger partial charge in [-0.05, 0) is 24.2 Å². The fourth-order valence-electron chi connectivity index (χ4n) is 6.19. The molecule has 0 aromatic heterocycles. The minimum absolute atomic E-state index is 0.00173. The highest BCUT2D eigenvalue weighted by Crippen LogP contribution is 2.90. The van der Waals surface area contributed by atoms with Crippen LogP contribution in [0.4, 0.5) is 0 Å². The van der Waals surface area contributed by atoms with Gasteiger partial charge in [0.2, 0.25) is 0 Å². The molecule has 4 bridgehead atoms. The van der Waals surface area contributed by atoms with Gasteiger partial charge >= 0.3 is 0 Å². The van der Waals surface area contributed by atoms with Gasteiger partial charge < -0.3 is 0 Å². The van der Waals surface area contributed by atoms with Crippen LogP contribution in [0.1, 0.15) is 6.42 Å². The van der Waals surface area contributed by atoms with Crippen LogP contribution in [0.25, 0.3) is 0 Å². The minimum Gasteiger partial charge on any atom is -0.299 e. The second-order valence-electron chi connectivity index (χ2n) is 6.62. The number of carbonyl (C=O) groups is 1. The molecule has 0 saturated heterocycles. The van der Waals surface area contributed by atoms with Crippen molar-refractivity contribution >= 4 is 75.4 Å². The Morgan fingerprint density at radius 3 is 2.26 bits per heavy atom. The van der Waals surface area contributed by atoms with Gasteiger partial charge in [-0.1, -0.05) is 23.2 Å². The number of halogens is 6. The van der Waals surface area contributed by atoms with Crippen molar-refractivity contribution in [2.75, 3.05) is 0 Å². The molecule has 0 heterocycles. The molecule has 0 aromatic rings. The zero-order valence-corrected chi connectivity index (χ0v) is 13.9. The van der Waals surface area contributed by atoms with Crippen molar-refractivity contribution in [2.24, 2.45) is 29.6 Å². The number of hydrogen-bond donors (Lipinski definition) is 0. The molecule has 19 heavy (non-hydrogen) atoms. The molecule has 7 heteroatoms. The van der Waals surface area contributed by atoms with Gasteiger partial charge in [0.15, 0.2) is 4.33 Å². The Balaban J connectivity index is 1.95. The number of carbonyl (C=O) groups excluding carboxylic acids is 1. The van der Waals surface area contributed by atoms with E-state index in [1.807, 2.05) is 0 Å². The Labute approximate surface area is 140 Å². The van der Waals surface area contributed by atoms with Crippen molar-refractivity contribution in [3.8, 4) is 0 Å². The molecule has 0 radical (unpaired) electrons. The van der Waals surface area contributed by atoms with E-state index in [2.05, 4.69) is 0 Å². The Kier molecular flexibility index (Phi) is 1.99. The maximum absolute atomic E-state index is 12.6. The minimum atomic E-state index is -1.40. The highest BCUT2D eigenvalue weighted by Gasteiger charge is 3.00. The fraction of sp³-hybridized carbons (Fsp3) is 0.917. The lowest BCUT2D eigenvalue weighted by molar-refractivity contribution is -0.126. The first-order valence-electron chi connectivity index (χ1n) is 6.29. The van der Waals surface area contributed by atoms with Crippen LogP contribution in [0.15, 0.2) is 0 Å². The molecule has 0 spiro atoms. The van der Waals surface area contributed by atoms with Gasteiger partial charge in [-0.2, -0.15) is 0 Å². The normalized spacial score (nSPS) is 73.7. The smallest absolute Gasteiger partial charge is 0.160 e. The van der Waals surface area contributed by atoms with Crippen LogP contribution in [0.3, 0.4) is 0 Å². The molecule has 0 aliphatic heterocycles. The lowest BCUT2D eigenvalue weighted by Crippen LogP contribution is -2.54. The second kappa shape index (κ2) is 2.93. The van der Waals surface area contributed by atoms with E-state index in [0.717, 1.165) is 6.42 Å². The van der Waals surface area contributed by atoms with Gasteiger partial charge in [0.05, 0.1) is 10.3 Å². The topological polar surface area (TPSA) is 17.1 Å². The van der Waals surface area contributed by atoms with Gasteiger partial charge in [-0.25, -0.2) is 0 Å². The summed E-state index contributed by atoms with van der Waals surface area (Å²) in [7, 11) is 0. The Bertz CT molecular complexity index is 564. The van der Waals surface area contributed by atoms with Gasteiger partial charge in [0, 0.05) is 11.8 Å². The van der Waals surface area contributed by atoms with Crippen LogP contribution in [-0.4, -0.2) is 30.1 Å². The molecule has 5 fully saturated rings. The zero-order valence-electron chi connectivity index (χ0n) is 9.35. The van der Waals surface area contributed by atoms with Crippen molar-refractivity contribution in [3.05, 3.63) is 0 Å². The average Bonchev–Trinajstić information content (AvgIpc) is 2.95. The van der Waals surface area contributed by atoms with E-state index in [0.29, 0.717) is 0 Å². The fourth-order valence-corrected chi connectivity index (χ4v) is 10.2. The summed E-state index contributed by atoms with van der Waals surface area (Å²) in [5.74, 6) is -0.312. The van der Waals surface area contributed by atoms with Crippen molar-refractivity contribution in [2.45, 2.75) is 30.8 Å². The molecular formula is C12H8Cl6O. The summed E-state index contributed by atoms with van der Waals surface area (Å²) in [4.78, 5) is 9.19. The molecular weight excluding hydrogens is 373 g/mol. The summed E-state index contributed by atoms with van der Waals surface area (Å²) in [5, 5.41) is -0.693. The number of alkyl halides is 6. The predicted octanol–water partition coefficient (Wildman–Crippen LogP) is 3.81. The number of ketones is 1. The van der Waals surface area contributed by atoms with Crippen LogP contribution in [-0.2, 0) is 4.79 Å². The Morgan fingerprint density at radius 2 is 1.63 bits per heavy atom. The quantitative estimate of drug-likeness (QED) is 0.584. The number of fused-ring (bicyclic) bond motifs is 5. The number of hydrogen-bond acceptors (Lipinski definition) is 1. The van der Waals surface area contributed by atoms with E-state index >= 15 is 0 Å². The standard InChI is InChI=1S/C12H8Cl6O/c13-8-9(14)6-2-1-3(7(6)19)4-5(2)11(9,16)12(17,18)10(4,8)15/h2-6,8H,1H2/t2-,3-,4?,5-,6+,8+,9-,10+,11-/m1/s1. The van der Waals surface area contributed by atoms with Gasteiger partial charge in [-0.15, -0.1) is 46.4 Å². The first-order chi connectivity index (χ1) is 8.66. The van der Waals surface area contributed by atoms with Crippen LogP contribution in [0.5, 0.6) is 0 Å². The van der Waals surface area contributed by atoms with E-state index in [4.69, 9.17) is 69.6 Å². The van der Waals surface area contributed by atoms with Crippen LogP contribution < -0.4 is 0 Å². The highest BCUT2D eigenvalue weighted by molar-refractivity contribution is 6.64. The van der Waals surface area contributed by atoms with E-state index in [1.165, 1.54) is 0 Å². The van der Waals surface area contributed by atoms with E-state index in [9.17, 15) is 4.79 Å². The van der Waals surface area contributed by atoms with Crippen LogP contribution in [0.2, 0.25) is 0 Å². The molecule has 1 nitrogen and oxygen atoms in total. The SMILES string of the molecule is O=C1[C@@H]2[C@@H]3C[C@@H]1C1[C@@H]3[C@]3(Cl)C(Cl)(Cl)[C@@]1(Cl)[C@@H](Cl)[C@]23Cl. The molecule has 5 rings (SSSR count). The number of Topliss-reactive ketones (excluding diaryl/α,β-unsaturated/α-hetero) is 1. The van der Waals surface area contributed by atoms with E-state index in [1.54, 1.807) is 0 Å². The van der Waals surface area contributed by atoms with E-state index in [-0.39, 0.29) is 35.4 Å². The lowest BCUT2D eigenvalue weighted by Gasteiger charge is -2.41. The third-order valence-electron chi connectivity index (χ3n) is 6.54. The second-order valence-corrected chi connectivity index (χ2v) is 10.2. The molecule has 5 saturated carbocycles. The maximum Gasteiger partial charge on any atom is 0.160 e. The van der Waals surface area contributed by atoms with Gasteiger partial charge in [-0.3, -0.25) is 4.79 Å². The zero-order chi connectivity index (χ0) is 13.7. The van der Waals surface area contributed by atoms with E-state index < -0.39 is 24.3 Å². The molecule has 104 valence electrons. The molecule has 0 amide bonds. The van der Waals surface area contributed by atoms with Gasteiger partial charge in [0.25, 0.3) is 0 Å². The summed E-state index contributed by atoms with van der Waals surface area (Å²) >= 11 is 40.2. The maximum atomic E-state index is 12.6. The lowest BCUT2D eigenvalue weighted by atomic mass is 9.76. The molecule has 0 aromatic carbocycles. The molecule has 0 N–H and O–H groups in total. The monoisotopic (exact) mass is 378 g/mol. The largest absolute Gasteiger partial charge is 0.299 e. The summed E-state index contributed by atoms with van der Waals surface area (Å²) in [6.45, 7) is 0. The molecule has 1 unspecified atom stereocenters. The van der Waals surface area contributed by atoms with Crippen LogP contribution in [0, 0.1) is 29.6 Å². The van der Waals surface area contributed by atoms with Crippen molar-refractivity contribution in [1.29, 1.82) is 0 Å². The first kappa shape index (κ1) is 12.9. The Hall–Kier alpha value is 1.41.